The molecule has 8 nitrogen and oxygen atoms in total. The number of amides is 1. The number of allylic oxidation sites excluding steroid dienone is 1. The van der Waals surface area contributed by atoms with Crippen molar-refractivity contribution in [2.75, 3.05) is 45.3 Å². The third-order valence-electron chi connectivity index (χ3n) is 9.10. The summed E-state index contributed by atoms with van der Waals surface area (Å²) in [5.41, 5.74) is 4.58. The van der Waals surface area contributed by atoms with Crippen molar-refractivity contribution in [1.82, 2.24) is 4.90 Å². The number of methoxy groups -OCH3 is 1. The van der Waals surface area contributed by atoms with E-state index in [0.29, 0.717) is 18.4 Å². The number of unbranched alkanes of at least 4 members (excludes halogenated alkanes) is 1. The fourth-order valence-corrected chi connectivity index (χ4v) is 6.55. The summed E-state index contributed by atoms with van der Waals surface area (Å²) >= 11 is 6.41. The highest BCUT2D eigenvalue weighted by Crippen LogP contribution is 2.43. The number of rotatable bonds is 13. The lowest BCUT2D eigenvalue weighted by atomic mass is 9.70. The molecule has 1 heterocycles. The fourth-order valence-electron chi connectivity index (χ4n) is 6.36. The first-order valence-corrected chi connectivity index (χ1v) is 16.5. The molecule has 0 saturated heterocycles. The number of aliphatic hydroxyl groups is 1. The minimum absolute atomic E-state index is 0.0732. The smallest absolute Gasteiger partial charge is 0.290 e. The summed E-state index contributed by atoms with van der Waals surface area (Å²) < 4.78 is 12.5. The zero-order chi connectivity index (χ0) is 32.9. The summed E-state index contributed by atoms with van der Waals surface area (Å²) in [7, 11) is 3.66. The van der Waals surface area contributed by atoms with Gasteiger partial charge < -0.3 is 29.5 Å². The van der Waals surface area contributed by atoms with Gasteiger partial charge in [-0.15, -0.1) is 0 Å². The Bertz CT molecular complexity index is 1270. The van der Waals surface area contributed by atoms with Gasteiger partial charge >= 0.3 is 0 Å². The lowest BCUT2D eigenvalue weighted by molar-refractivity contribution is -0.127. The number of carboxylic acid groups (broad SMARTS) is 1. The lowest BCUT2D eigenvalue weighted by Gasteiger charge is -2.43. The SMILES string of the molecule is CCCc1cc(Cl)ccc1C1COc2ccc(C(C)O)cc2N(CC2CCC2C(/C=C/CCCN(C)C(C)=O)OC)C1.O=CO. The minimum Gasteiger partial charge on any atom is -0.491 e. The molecule has 1 aliphatic carbocycles. The summed E-state index contributed by atoms with van der Waals surface area (Å²) in [5.74, 6) is 2.12. The normalized spacial score (nSPS) is 20.5. The maximum Gasteiger partial charge on any atom is 0.290 e. The van der Waals surface area contributed by atoms with Crippen LogP contribution in [0.25, 0.3) is 0 Å². The number of nitrogens with zero attached hydrogens (tertiary/aromatic N) is 2. The second-order valence-electron chi connectivity index (χ2n) is 12.2. The van der Waals surface area contributed by atoms with E-state index in [1.165, 1.54) is 11.1 Å². The Morgan fingerprint density at radius 3 is 2.62 bits per heavy atom. The van der Waals surface area contributed by atoms with Gasteiger partial charge in [-0.1, -0.05) is 49.2 Å². The molecule has 5 unspecified atom stereocenters. The van der Waals surface area contributed by atoms with E-state index < -0.39 is 6.10 Å². The van der Waals surface area contributed by atoms with Crippen molar-refractivity contribution in [3.63, 3.8) is 0 Å². The number of halogens is 1. The predicted octanol–water partition coefficient (Wildman–Crippen LogP) is 6.89. The zero-order valence-electron chi connectivity index (χ0n) is 27.5. The number of aliphatic hydroxyl groups excluding tert-OH is 1. The molecular weight excluding hydrogens is 592 g/mol. The molecule has 1 fully saturated rings. The van der Waals surface area contributed by atoms with Gasteiger partial charge in [0.25, 0.3) is 6.47 Å². The van der Waals surface area contributed by atoms with Gasteiger partial charge in [0.15, 0.2) is 0 Å². The van der Waals surface area contributed by atoms with Crippen LogP contribution in [-0.4, -0.2) is 74.0 Å². The van der Waals surface area contributed by atoms with Crippen molar-refractivity contribution >= 4 is 29.7 Å². The number of carbonyl (C=O) groups excluding carboxylic acids is 1. The van der Waals surface area contributed by atoms with Crippen LogP contribution in [0.3, 0.4) is 0 Å². The molecule has 0 bridgehead atoms. The Hall–Kier alpha value is -3.07. The summed E-state index contributed by atoms with van der Waals surface area (Å²) in [4.78, 5) is 24.1. The maximum absolute atomic E-state index is 11.5. The molecule has 0 radical (unpaired) electrons. The quantitative estimate of drug-likeness (QED) is 0.140. The van der Waals surface area contributed by atoms with Crippen LogP contribution in [0.1, 0.15) is 81.6 Å². The van der Waals surface area contributed by atoms with Crippen molar-refractivity contribution in [3.05, 3.63) is 70.3 Å². The van der Waals surface area contributed by atoms with Crippen molar-refractivity contribution in [2.24, 2.45) is 11.8 Å². The molecule has 1 aliphatic heterocycles. The number of hydrogen-bond acceptors (Lipinski definition) is 6. The number of carbonyl (C=O) groups is 2. The molecule has 1 amide bonds. The van der Waals surface area contributed by atoms with Crippen molar-refractivity contribution in [1.29, 1.82) is 0 Å². The monoisotopic (exact) mass is 642 g/mol. The molecule has 2 aromatic carbocycles. The lowest BCUT2D eigenvalue weighted by Crippen LogP contribution is -2.44. The van der Waals surface area contributed by atoms with Gasteiger partial charge in [-0.3, -0.25) is 9.59 Å². The van der Waals surface area contributed by atoms with E-state index in [9.17, 15) is 9.90 Å². The van der Waals surface area contributed by atoms with Gasteiger partial charge in [0.05, 0.1) is 24.5 Å². The van der Waals surface area contributed by atoms with E-state index in [1.807, 2.05) is 39.3 Å². The van der Waals surface area contributed by atoms with Crippen LogP contribution in [0.15, 0.2) is 48.6 Å². The van der Waals surface area contributed by atoms with E-state index in [1.54, 1.807) is 11.8 Å². The van der Waals surface area contributed by atoms with E-state index in [-0.39, 0.29) is 24.4 Å². The first kappa shape index (κ1) is 36.4. The Balaban J connectivity index is 0.00000177. The molecule has 248 valence electrons. The van der Waals surface area contributed by atoms with Crippen LogP contribution in [0.5, 0.6) is 5.75 Å². The zero-order valence-corrected chi connectivity index (χ0v) is 28.2. The topological polar surface area (TPSA) is 99.5 Å². The maximum atomic E-state index is 11.5. The van der Waals surface area contributed by atoms with Gasteiger partial charge in [0.2, 0.25) is 5.91 Å². The molecule has 2 aliphatic rings. The Morgan fingerprint density at radius 1 is 1.24 bits per heavy atom. The highest BCUT2D eigenvalue weighted by molar-refractivity contribution is 6.30. The second-order valence-corrected chi connectivity index (χ2v) is 12.7. The number of benzene rings is 2. The average molecular weight is 643 g/mol. The van der Waals surface area contributed by atoms with Gasteiger partial charge in [0, 0.05) is 51.7 Å². The third kappa shape index (κ3) is 10.2. The van der Waals surface area contributed by atoms with Crippen LogP contribution < -0.4 is 9.64 Å². The van der Waals surface area contributed by atoms with Crippen LogP contribution in [0, 0.1) is 11.8 Å². The number of anilines is 1. The van der Waals surface area contributed by atoms with Crippen molar-refractivity contribution in [3.8, 4) is 5.75 Å². The number of fused-ring (bicyclic) bond motifs is 1. The van der Waals surface area contributed by atoms with Crippen LogP contribution in [-0.2, 0) is 20.7 Å². The molecule has 2 aromatic rings. The van der Waals surface area contributed by atoms with E-state index in [0.717, 1.165) is 80.2 Å². The largest absolute Gasteiger partial charge is 0.491 e. The summed E-state index contributed by atoms with van der Waals surface area (Å²) in [5, 5.41) is 18.0. The first-order chi connectivity index (χ1) is 21.6. The third-order valence-corrected chi connectivity index (χ3v) is 9.34. The second kappa shape index (κ2) is 18.2. The van der Waals surface area contributed by atoms with Gasteiger partial charge in [-0.2, -0.15) is 0 Å². The predicted molar refractivity (Wildman–Crippen MR) is 180 cm³/mol. The average Bonchev–Trinajstić information content (AvgIpc) is 3.18. The highest BCUT2D eigenvalue weighted by Gasteiger charge is 2.38. The van der Waals surface area contributed by atoms with Crippen LogP contribution in [0.2, 0.25) is 5.02 Å². The summed E-state index contributed by atoms with van der Waals surface area (Å²) in [6, 6.07) is 12.4. The molecule has 0 spiro atoms. The summed E-state index contributed by atoms with van der Waals surface area (Å²) in [6.07, 6.45) is 10.2. The van der Waals surface area contributed by atoms with E-state index >= 15 is 0 Å². The van der Waals surface area contributed by atoms with Crippen molar-refractivity contribution in [2.45, 2.75) is 77.4 Å². The van der Waals surface area contributed by atoms with Gasteiger partial charge in [-0.05, 0) is 91.8 Å². The molecule has 1 saturated carbocycles. The molecule has 2 N–H and O–H groups in total. The van der Waals surface area contributed by atoms with Crippen LogP contribution in [0.4, 0.5) is 5.69 Å². The standard InChI is InChI=1S/C35H49ClN2O4.CH2O2/c1-6-10-27-19-30(36)14-16-31(27)29-22-38(33-20-26(24(2)39)13-17-35(33)42-23-29)21-28-12-15-32(28)34(41-5)11-8-7-9-18-37(4)25(3)40;2-1-3/h8,11,13-14,16-17,19-20,24,28-29,32,34,39H,6-7,9-10,12,15,18,21-23H2,1-5H3;1H,(H,2,3)/b11-8+;. The van der Waals surface area contributed by atoms with E-state index in [2.05, 4.69) is 42.2 Å². The minimum atomic E-state index is -0.543. The van der Waals surface area contributed by atoms with Crippen LogP contribution >= 0.6 is 11.6 Å². The van der Waals surface area contributed by atoms with Gasteiger partial charge in [0.1, 0.15) is 5.75 Å². The summed E-state index contributed by atoms with van der Waals surface area (Å²) in [6.45, 7) is 8.50. The molecule has 4 rings (SSSR count). The Morgan fingerprint density at radius 2 is 2.00 bits per heavy atom. The van der Waals surface area contributed by atoms with Gasteiger partial charge in [-0.25, -0.2) is 0 Å². The number of ether oxygens (including phenoxy) is 2. The molecule has 9 heteroatoms. The molecular formula is C36H51ClN2O6. The Kier molecular flexibility index (Phi) is 14.7. The molecule has 5 atom stereocenters. The first-order valence-electron chi connectivity index (χ1n) is 16.1. The molecule has 0 aromatic heterocycles. The fraction of sp³-hybridized carbons (Fsp3) is 0.556. The highest BCUT2D eigenvalue weighted by atomic mass is 35.5. The molecule has 45 heavy (non-hydrogen) atoms. The Labute approximate surface area is 274 Å². The number of aryl methyl sites for hydroxylation is 1. The number of hydrogen-bond donors (Lipinski definition) is 2. The van der Waals surface area contributed by atoms with E-state index in [4.69, 9.17) is 31.0 Å². The van der Waals surface area contributed by atoms with Crippen molar-refractivity contribution < 1.29 is 29.3 Å².